The van der Waals surface area contributed by atoms with Crippen molar-refractivity contribution < 1.29 is 9.53 Å². The number of hydrogen-bond acceptors (Lipinski definition) is 2. The maximum Gasteiger partial charge on any atom is 0.331 e. The first-order valence-electron chi connectivity index (χ1n) is 7.85. The normalized spacial score (nSPS) is 10.7. The maximum atomic E-state index is 11.8. The van der Waals surface area contributed by atoms with Crippen molar-refractivity contribution in [2.45, 2.75) is 6.61 Å². The molecular formula is C22H18O2. The van der Waals surface area contributed by atoms with Crippen LogP contribution >= 0.6 is 0 Å². The van der Waals surface area contributed by atoms with Gasteiger partial charge in [-0.2, -0.15) is 0 Å². The number of benzene rings is 3. The summed E-state index contributed by atoms with van der Waals surface area (Å²) >= 11 is 0. The third-order valence-corrected chi connectivity index (χ3v) is 3.65. The van der Waals surface area contributed by atoms with E-state index in [1.165, 1.54) is 11.6 Å². The second-order valence-electron chi connectivity index (χ2n) is 5.41. The summed E-state index contributed by atoms with van der Waals surface area (Å²) in [5, 5.41) is 0. The van der Waals surface area contributed by atoms with Crippen molar-refractivity contribution in [3.8, 4) is 11.1 Å². The molecule has 0 fully saturated rings. The lowest BCUT2D eigenvalue weighted by molar-refractivity contribution is -0.138. The minimum atomic E-state index is -0.342. The first kappa shape index (κ1) is 15.8. The molecule has 0 radical (unpaired) electrons. The van der Waals surface area contributed by atoms with Gasteiger partial charge in [-0.05, 0) is 28.3 Å². The van der Waals surface area contributed by atoms with E-state index >= 15 is 0 Å². The van der Waals surface area contributed by atoms with Gasteiger partial charge in [0.25, 0.3) is 0 Å². The van der Waals surface area contributed by atoms with Gasteiger partial charge in [0.05, 0.1) is 0 Å². The summed E-state index contributed by atoms with van der Waals surface area (Å²) in [6.07, 6.45) is 3.22. The highest BCUT2D eigenvalue weighted by Gasteiger charge is 1.99. The largest absolute Gasteiger partial charge is 0.458 e. The molecule has 0 spiro atoms. The van der Waals surface area contributed by atoms with E-state index in [4.69, 9.17) is 4.74 Å². The second kappa shape index (κ2) is 7.93. The molecule has 0 aliphatic rings. The van der Waals surface area contributed by atoms with Crippen LogP contribution in [0.4, 0.5) is 0 Å². The van der Waals surface area contributed by atoms with Gasteiger partial charge in [0.15, 0.2) is 0 Å². The Kier molecular flexibility index (Phi) is 5.21. The van der Waals surface area contributed by atoms with Crippen LogP contribution in [0.5, 0.6) is 0 Å². The topological polar surface area (TPSA) is 26.3 Å². The molecular weight excluding hydrogens is 296 g/mol. The van der Waals surface area contributed by atoms with Crippen molar-refractivity contribution in [1.82, 2.24) is 0 Å². The summed E-state index contributed by atoms with van der Waals surface area (Å²) in [6.45, 7) is 0.289. The number of esters is 1. The first-order valence-corrected chi connectivity index (χ1v) is 7.85. The molecule has 0 unspecified atom stereocenters. The van der Waals surface area contributed by atoms with E-state index in [2.05, 4.69) is 12.1 Å². The Morgan fingerprint density at radius 3 is 2.00 bits per heavy atom. The van der Waals surface area contributed by atoms with Crippen LogP contribution in [0, 0.1) is 0 Å². The fraction of sp³-hybridized carbons (Fsp3) is 0.0455. The molecule has 3 rings (SSSR count). The van der Waals surface area contributed by atoms with Crippen molar-refractivity contribution in [3.63, 3.8) is 0 Å². The molecule has 0 atom stereocenters. The Morgan fingerprint density at radius 1 is 0.750 bits per heavy atom. The van der Waals surface area contributed by atoms with Crippen molar-refractivity contribution in [2.24, 2.45) is 0 Å². The lowest BCUT2D eigenvalue weighted by Crippen LogP contribution is -2.00. The molecule has 3 aromatic rings. The van der Waals surface area contributed by atoms with E-state index in [-0.39, 0.29) is 12.6 Å². The average Bonchev–Trinajstić information content (AvgIpc) is 2.67. The van der Waals surface area contributed by atoms with Gasteiger partial charge in [-0.1, -0.05) is 84.9 Å². The Labute approximate surface area is 142 Å². The Morgan fingerprint density at radius 2 is 1.33 bits per heavy atom. The lowest BCUT2D eigenvalue weighted by atomic mass is 10.0. The molecule has 0 N–H and O–H groups in total. The minimum absolute atomic E-state index is 0.289. The van der Waals surface area contributed by atoms with Gasteiger partial charge in [-0.15, -0.1) is 0 Å². The summed E-state index contributed by atoms with van der Waals surface area (Å²) in [5.74, 6) is -0.342. The smallest absolute Gasteiger partial charge is 0.331 e. The zero-order valence-corrected chi connectivity index (χ0v) is 13.3. The van der Waals surface area contributed by atoms with E-state index in [1.54, 1.807) is 6.08 Å². The number of ether oxygens (including phenoxy) is 1. The lowest BCUT2D eigenvalue weighted by Gasteiger charge is -2.03. The molecule has 3 aromatic carbocycles. The molecule has 0 saturated heterocycles. The second-order valence-corrected chi connectivity index (χ2v) is 5.41. The quantitative estimate of drug-likeness (QED) is 0.483. The molecule has 0 amide bonds. The highest BCUT2D eigenvalue weighted by Crippen LogP contribution is 2.19. The zero-order valence-electron chi connectivity index (χ0n) is 13.3. The van der Waals surface area contributed by atoms with Crippen molar-refractivity contribution >= 4 is 12.0 Å². The molecule has 2 heteroatoms. The van der Waals surface area contributed by atoms with Crippen molar-refractivity contribution in [2.75, 3.05) is 0 Å². The average molecular weight is 314 g/mol. The third-order valence-electron chi connectivity index (χ3n) is 3.65. The van der Waals surface area contributed by atoms with Gasteiger partial charge in [-0.3, -0.25) is 0 Å². The summed E-state index contributed by atoms with van der Waals surface area (Å²) in [7, 11) is 0. The summed E-state index contributed by atoms with van der Waals surface area (Å²) in [4.78, 5) is 11.8. The van der Waals surface area contributed by atoms with Crippen LogP contribution in [0.15, 0.2) is 91.0 Å². The number of carbonyl (C=O) groups is 1. The van der Waals surface area contributed by atoms with E-state index in [1.807, 2.05) is 72.8 Å². The molecule has 0 aliphatic heterocycles. The van der Waals surface area contributed by atoms with Crippen LogP contribution < -0.4 is 0 Å². The van der Waals surface area contributed by atoms with Crippen LogP contribution in [0.3, 0.4) is 0 Å². The predicted molar refractivity (Wildman–Crippen MR) is 97.2 cm³/mol. The SMILES string of the molecule is O=C(/C=C/c1ccc(-c2ccccc2)cc1)OCc1ccccc1. The van der Waals surface area contributed by atoms with Gasteiger partial charge < -0.3 is 4.74 Å². The zero-order chi connectivity index (χ0) is 16.6. The van der Waals surface area contributed by atoms with Gasteiger partial charge in [0, 0.05) is 6.08 Å². The highest BCUT2D eigenvalue weighted by atomic mass is 16.5. The maximum absolute atomic E-state index is 11.8. The Hall–Kier alpha value is -3.13. The number of carbonyl (C=O) groups excluding carboxylic acids is 1. The predicted octanol–water partition coefficient (Wildman–Crippen LogP) is 5.11. The first-order chi connectivity index (χ1) is 11.8. The standard InChI is InChI=1S/C22H18O2/c23-22(24-17-19-7-3-1-4-8-19)16-13-18-11-14-21(15-12-18)20-9-5-2-6-10-20/h1-16H,17H2/b16-13+. The van der Waals surface area contributed by atoms with Crippen LogP contribution in [0.25, 0.3) is 17.2 Å². The fourth-order valence-electron chi connectivity index (χ4n) is 2.36. The van der Waals surface area contributed by atoms with Crippen LogP contribution in [0.2, 0.25) is 0 Å². The molecule has 24 heavy (non-hydrogen) atoms. The van der Waals surface area contributed by atoms with Crippen LogP contribution in [-0.4, -0.2) is 5.97 Å². The Balaban J connectivity index is 1.57. The molecule has 118 valence electrons. The molecule has 0 heterocycles. The monoisotopic (exact) mass is 314 g/mol. The molecule has 0 bridgehead atoms. The van der Waals surface area contributed by atoms with Gasteiger partial charge in [-0.25, -0.2) is 4.79 Å². The molecule has 0 aromatic heterocycles. The van der Waals surface area contributed by atoms with Crippen LogP contribution in [-0.2, 0) is 16.1 Å². The van der Waals surface area contributed by atoms with E-state index in [9.17, 15) is 4.79 Å². The van der Waals surface area contributed by atoms with Crippen molar-refractivity contribution in [1.29, 1.82) is 0 Å². The molecule has 0 aliphatic carbocycles. The van der Waals surface area contributed by atoms with Crippen molar-refractivity contribution in [3.05, 3.63) is 102 Å². The summed E-state index contributed by atoms with van der Waals surface area (Å²) in [5.41, 5.74) is 4.27. The summed E-state index contributed by atoms with van der Waals surface area (Å²) in [6, 6.07) is 27.9. The molecule has 0 saturated carbocycles. The minimum Gasteiger partial charge on any atom is -0.458 e. The van der Waals surface area contributed by atoms with E-state index < -0.39 is 0 Å². The number of rotatable bonds is 5. The molecule has 2 nitrogen and oxygen atoms in total. The van der Waals surface area contributed by atoms with Gasteiger partial charge in [0.2, 0.25) is 0 Å². The van der Waals surface area contributed by atoms with Gasteiger partial charge in [0.1, 0.15) is 6.61 Å². The Bertz CT molecular complexity index is 804. The summed E-state index contributed by atoms with van der Waals surface area (Å²) < 4.78 is 5.22. The van der Waals surface area contributed by atoms with E-state index in [0.717, 1.165) is 16.7 Å². The van der Waals surface area contributed by atoms with E-state index in [0.29, 0.717) is 0 Å². The fourth-order valence-corrected chi connectivity index (χ4v) is 2.36. The number of hydrogen-bond donors (Lipinski definition) is 0. The third kappa shape index (κ3) is 4.43. The van der Waals surface area contributed by atoms with Crippen LogP contribution in [0.1, 0.15) is 11.1 Å². The van der Waals surface area contributed by atoms with Gasteiger partial charge >= 0.3 is 5.97 Å². The highest BCUT2D eigenvalue weighted by molar-refractivity contribution is 5.87.